The molecular formula is C41H25N3S. The number of rotatable bonds is 4. The van der Waals surface area contributed by atoms with Gasteiger partial charge in [0.15, 0.2) is 17.5 Å². The zero-order valence-electron chi connectivity index (χ0n) is 32.5. The Hall–Kier alpha value is -5.71. The average molecular weight is 601 g/mol. The molecule has 4 heteroatoms. The van der Waals surface area contributed by atoms with Gasteiger partial charge in [-0.3, -0.25) is 0 Å². The molecule has 45 heavy (non-hydrogen) atoms. The van der Waals surface area contributed by atoms with E-state index in [0.29, 0.717) is 11.1 Å². The predicted molar refractivity (Wildman–Crippen MR) is 189 cm³/mol. The number of benzene rings is 7. The fraction of sp³-hybridized carbons (Fsp3) is 0. The van der Waals surface area contributed by atoms with Gasteiger partial charge < -0.3 is 0 Å². The molecule has 0 spiro atoms. The van der Waals surface area contributed by atoms with Crippen LogP contribution < -0.4 is 0 Å². The summed E-state index contributed by atoms with van der Waals surface area (Å²) in [5.74, 6) is 0.433. The van der Waals surface area contributed by atoms with E-state index in [1.807, 2.05) is 97.1 Å². The molecule has 0 aliphatic rings. The van der Waals surface area contributed by atoms with Gasteiger partial charge in [0.25, 0.3) is 0 Å². The van der Waals surface area contributed by atoms with E-state index >= 15 is 0 Å². The Morgan fingerprint density at radius 3 is 1.91 bits per heavy atom. The minimum atomic E-state index is -0.576. The zero-order valence-corrected chi connectivity index (χ0v) is 24.3. The van der Waals surface area contributed by atoms with Crippen molar-refractivity contribution in [1.82, 2.24) is 15.0 Å². The quantitative estimate of drug-likeness (QED) is 0.189. The summed E-state index contributed by atoms with van der Waals surface area (Å²) in [4.78, 5) is 14.8. The normalized spacial score (nSPS) is 14.4. The fourth-order valence-corrected chi connectivity index (χ4v) is 6.91. The van der Waals surface area contributed by atoms with Crippen LogP contribution in [0.4, 0.5) is 0 Å². The Labute approximate surface area is 276 Å². The third-order valence-corrected chi connectivity index (χ3v) is 9.01. The van der Waals surface area contributed by atoms with Gasteiger partial charge in [0, 0.05) is 36.9 Å². The topological polar surface area (TPSA) is 38.7 Å². The van der Waals surface area contributed by atoms with Crippen LogP contribution in [0.2, 0.25) is 0 Å². The van der Waals surface area contributed by atoms with Crippen LogP contribution in [0.5, 0.6) is 0 Å². The van der Waals surface area contributed by atoms with Gasteiger partial charge in [0.1, 0.15) is 0 Å². The van der Waals surface area contributed by atoms with E-state index in [9.17, 15) is 1.37 Å². The smallest absolute Gasteiger partial charge is 0.164 e. The van der Waals surface area contributed by atoms with Crippen molar-refractivity contribution in [3.63, 3.8) is 0 Å². The van der Waals surface area contributed by atoms with Gasteiger partial charge in [-0.15, -0.1) is 11.3 Å². The molecule has 0 aliphatic heterocycles. The van der Waals surface area contributed by atoms with Crippen LogP contribution in [0, 0.1) is 0 Å². The van der Waals surface area contributed by atoms with Crippen LogP contribution in [-0.2, 0) is 0 Å². The highest BCUT2D eigenvalue weighted by Crippen LogP contribution is 2.40. The van der Waals surface area contributed by atoms with Gasteiger partial charge in [-0.1, -0.05) is 133 Å². The van der Waals surface area contributed by atoms with Crippen molar-refractivity contribution in [3.05, 3.63) is 151 Å². The maximum atomic E-state index is 9.54. The number of nitrogens with zero attached hydrogens (tertiary/aromatic N) is 3. The summed E-state index contributed by atoms with van der Waals surface area (Å²) in [6.07, 6.45) is 0. The largest absolute Gasteiger partial charge is 0.208 e. The second-order valence-electron chi connectivity index (χ2n) is 10.5. The van der Waals surface area contributed by atoms with Gasteiger partial charge in [-0.05, 0) is 50.8 Å². The summed E-state index contributed by atoms with van der Waals surface area (Å²) in [5, 5.41) is 1.30. The van der Waals surface area contributed by atoms with Crippen LogP contribution in [0.15, 0.2) is 151 Å². The van der Waals surface area contributed by atoms with Gasteiger partial charge in [-0.2, -0.15) is 0 Å². The number of hydrogen-bond donors (Lipinski definition) is 0. The van der Waals surface area contributed by atoms with Crippen molar-refractivity contribution in [2.45, 2.75) is 0 Å². The monoisotopic (exact) mass is 600 g/mol. The van der Waals surface area contributed by atoms with Crippen LogP contribution in [0.25, 0.3) is 87.0 Å². The highest BCUT2D eigenvalue weighted by atomic mass is 32.1. The maximum absolute atomic E-state index is 9.54. The lowest BCUT2D eigenvalue weighted by molar-refractivity contribution is 1.08. The van der Waals surface area contributed by atoms with Gasteiger partial charge >= 0.3 is 0 Å². The minimum absolute atomic E-state index is 0.0759. The molecule has 0 saturated carbocycles. The first-order chi connectivity index (χ1) is 26.0. The van der Waals surface area contributed by atoms with E-state index in [0.717, 1.165) is 31.3 Å². The molecule has 7 aromatic carbocycles. The SMILES string of the molecule is [2H]c1c([2H])c([2H])c2c(c1[2H])c([2H])c(-c1nc(-c3ccc(-c4ccccc4)cc3)nc(-c3cccc4sc5ccccc5c34)n1)c1c([2H])c([2H])c([2H])c([2H])c12. The maximum Gasteiger partial charge on any atom is 0.164 e. The molecule has 0 atom stereocenters. The third-order valence-electron chi connectivity index (χ3n) is 7.88. The molecule has 0 fully saturated rings. The zero-order chi connectivity index (χ0) is 37.6. The first-order valence-electron chi connectivity index (χ1n) is 18.8. The molecule has 210 valence electrons. The molecule has 0 N–H and O–H groups in total. The van der Waals surface area contributed by atoms with Crippen LogP contribution in [0.1, 0.15) is 12.3 Å². The summed E-state index contributed by atoms with van der Waals surface area (Å²) >= 11 is 1.63. The van der Waals surface area contributed by atoms with Gasteiger partial charge in [-0.25, -0.2) is 15.0 Å². The second kappa shape index (κ2) is 10.5. The standard InChI is InChI=1S/C41H25N3S/c1-2-11-26(12-3-1)27-21-23-28(24-22-27)39-42-40(34-18-10-20-37-38(34)33-17-8-9-19-36(33)45-37)44-41(43-39)35-25-29-13-4-5-14-30(29)31-15-6-7-16-32(31)35/h1-25H/i4D,5D,6D,7D,13D,14D,15D,16D,25D. The molecule has 3 nitrogen and oxygen atoms in total. The predicted octanol–water partition coefficient (Wildman–Crippen LogP) is 11.2. The molecular weight excluding hydrogens is 567 g/mol. The second-order valence-corrected chi connectivity index (χ2v) is 11.6. The molecule has 0 bridgehead atoms. The molecule has 0 radical (unpaired) electrons. The van der Waals surface area contributed by atoms with Crippen molar-refractivity contribution in [1.29, 1.82) is 0 Å². The van der Waals surface area contributed by atoms with Crippen molar-refractivity contribution in [3.8, 4) is 45.3 Å². The van der Waals surface area contributed by atoms with Crippen molar-refractivity contribution in [2.24, 2.45) is 0 Å². The van der Waals surface area contributed by atoms with E-state index in [1.165, 1.54) is 0 Å². The van der Waals surface area contributed by atoms with Crippen molar-refractivity contribution < 1.29 is 12.3 Å². The van der Waals surface area contributed by atoms with Gasteiger partial charge in [0.05, 0.1) is 12.3 Å². The fourth-order valence-electron chi connectivity index (χ4n) is 5.78. The molecule has 2 heterocycles. The molecule has 0 unspecified atom stereocenters. The lowest BCUT2D eigenvalue weighted by atomic mass is 9.96. The van der Waals surface area contributed by atoms with E-state index in [4.69, 9.17) is 25.9 Å². The molecule has 9 aromatic rings. The summed E-state index contributed by atoms with van der Waals surface area (Å²) in [6, 6.07) is 26.8. The van der Waals surface area contributed by atoms with Crippen LogP contribution in [0.3, 0.4) is 0 Å². The first-order valence-corrected chi connectivity index (χ1v) is 15.1. The summed E-state index contributed by atoms with van der Waals surface area (Å²) in [7, 11) is 0. The Balaban J connectivity index is 1.42. The highest BCUT2D eigenvalue weighted by molar-refractivity contribution is 7.25. The average Bonchev–Trinajstić information content (AvgIpc) is 3.59. The van der Waals surface area contributed by atoms with Crippen molar-refractivity contribution >= 4 is 53.1 Å². The lowest BCUT2D eigenvalue weighted by Gasteiger charge is -2.13. The number of aromatic nitrogens is 3. The number of hydrogen-bond acceptors (Lipinski definition) is 4. The minimum Gasteiger partial charge on any atom is -0.208 e. The molecule has 0 amide bonds. The molecule has 0 saturated heterocycles. The van der Waals surface area contributed by atoms with E-state index in [2.05, 4.69) is 0 Å². The highest BCUT2D eigenvalue weighted by Gasteiger charge is 2.18. The molecule has 9 rings (SSSR count). The Kier molecular flexibility index (Phi) is 4.23. The molecule has 0 aliphatic carbocycles. The van der Waals surface area contributed by atoms with Crippen LogP contribution >= 0.6 is 11.3 Å². The van der Waals surface area contributed by atoms with Crippen LogP contribution in [-0.4, -0.2) is 15.0 Å². The number of fused-ring (bicyclic) bond motifs is 6. The lowest BCUT2D eigenvalue weighted by Crippen LogP contribution is -2.01. The van der Waals surface area contributed by atoms with Crippen molar-refractivity contribution in [2.75, 3.05) is 0 Å². The van der Waals surface area contributed by atoms with Gasteiger partial charge in [0.2, 0.25) is 0 Å². The number of thiophene rings is 1. The van der Waals surface area contributed by atoms with E-state index < -0.39 is 54.4 Å². The Morgan fingerprint density at radius 2 is 1.07 bits per heavy atom. The third kappa shape index (κ3) is 4.38. The summed E-state index contributed by atoms with van der Waals surface area (Å²) < 4.78 is 81.3. The summed E-state index contributed by atoms with van der Waals surface area (Å²) in [6.45, 7) is 0. The van der Waals surface area contributed by atoms with E-state index in [-0.39, 0.29) is 44.6 Å². The Bertz CT molecular complexity index is 3040. The first kappa shape index (κ1) is 18.2. The molecule has 2 aromatic heterocycles. The Morgan fingerprint density at radius 1 is 0.444 bits per heavy atom. The summed E-state index contributed by atoms with van der Waals surface area (Å²) in [5.41, 5.74) is 3.22. The van der Waals surface area contributed by atoms with E-state index in [1.54, 1.807) is 11.3 Å².